The molecule has 2 amide bonds. The van der Waals surface area contributed by atoms with Gasteiger partial charge in [-0.2, -0.15) is 0 Å². The van der Waals surface area contributed by atoms with Gasteiger partial charge in [0.05, 0.1) is 6.54 Å². The Morgan fingerprint density at radius 3 is 2.77 bits per heavy atom. The molecule has 1 saturated heterocycles. The van der Waals surface area contributed by atoms with E-state index < -0.39 is 11.9 Å². The topological polar surface area (TPSA) is 99.6 Å². The second-order valence-electron chi connectivity index (χ2n) is 6.25. The van der Waals surface area contributed by atoms with Gasteiger partial charge in [0.1, 0.15) is 10.9 Å². The number of aromatic nitrogens is 1. The molecule has 1 aromatic heterocycles. The molecular formula is C18H19N3O4S. The van der Waals surface area contributed by atoms with E-state index in [1.165, 1.54) is 5.38 Å². The van der Waals surface area contributed by atoms with Crippen LogP contribution in [-0.2, 0) is 16.1 Å². The Balaban J connectivity index is 1.62. The lowest BCUT2D eigenvalue weighted by Gasteiger charge is -2.18. The minimum absolute atomic E-state index is 0.0443. The van der Waals surface area contributed by atoms with Crippen LogP contribution in [-0.4, -0.2) is 34.4 Å². The van der Waals surface area contributed by atoms with Gasteiger partial charge in [-0.1, -0.05) is 6.07 Å². The smallest absolute Gasteiger partial charge is 0.355 e. The quantitative estimate of drug-likeness (QED) is 0.782. The predicted molar refractivity (Wildman–Crippen MR) is 97.3 cm³/mol. The van der Waals surface area contributed by atoms with Crippen LogP contribution in [0.3, 0.4) is 0 Å². The number of nitrogens with zero attached hydrogens (tertiary/aromatic N) is 2. The van der Waals surface area contributed by atoms with Crippen LogP contribution < -0.4 is 10.2 Å². The maximum atomic E-state index is 12.6. The molecule has 26 heavy (non-hydrogen) atoms. The molecule has 0 radical (unpaired) electrons. The lowest BCUT2D eigenvalue weighted by Crippen LogP contribution is -2.36. The summed E-state index contributed by atoms with van der Waals surface area (Å²) in [6.07, 6.45) is 0.454. The molecule has 2 N–H and O–H groups in total. The Morgan fingerprint density at radius 2 is 2.12 bits per heavy atom. The van der Waals surface area contributed by atoms with E-state index in [1.54, 1.807) is 4.90 Å². The molecule has 1 aliphatic heterocycles. The first-order chi connectivity index (χ1) is 12.4. The monoisotopic (exact) mass is 373 g/mol. The molecule has 1 aliphatic rings. The molecule has 3 rings (SSSR count). The number of hydrogen-bond donors (Lipinski definition) is 2. The highest BCUT2D eigenvalue weighted by atomic mass is 32.1. The SMILES string of the molecule is Cc1ccc(N2CC[C@@H](C(=O)NCc3nc(C(=O)O)cs3)C2=O)cc1C. The Hall–Kier alpha value is -2.74. The molecule has 7 nitrogen and oxygen atoms in total. The summed E-state index contributed by atoms with van der Waals surface area (Å²) in [4.78, 5) is 41.4. The number of aromatic carboxylic acids is 1. The van der Waals surface area contributed by atoms with E-state index >= 15 is 0 Å². The van der Waals surface area contributed by atoms with Gasteiger partial charge in [-0.05, 0) is 43.5 Å². The first-order valence-corrected chi connectivity index (χ1v) is 9.09. The van der Waals surface area contributed by atoms with E-state index in [-0.39, 0.29) is 24.1 Å². The first kappa shape index (κ1) is 18.1. The van der Waals surface area contributed by atoms with E-state index in [1.807, 2.05) is 32.0 Å². The Labute approximate surface area is 154 Å². The average molecular weight is 373 g/mol. The summed E-state index contributed by atoms with van der Waals surface area (Å²) >= 11 is 1.16. The molecule has 1 fully saturated rings. The van der Waals surface area contributed by atoms with Crippen molar-refractivity contribution in [3.8, 4) is 0 Å². The molecule has 2 heterocycles. The Kier molecular flexibility index (Phi) is 5.03. The highest BCUT2D eigenvalue weighted by Gasteiger charge is 2.37. The van der Waals surface area contributed by atoms with Gasteiger partial charge < -0.3 is 15.3 Å². The third-order valence-corrected chi connectivity index (χ3v) is 5.36. The molecule has 0 bridgehead atoms. The second-order valence-corrected chi connectivity index (χ2v) is 7.19. The van der Waals surface area contributed by atoms with Crippen molar-refractivity contribution in [3.05, 3.63) is 45.4 Å². The van der Waals surface area contributed by atoms with E-state index in [4.69, 9.17) is 5.11 Å². The summed E-state index contributed by atoms with van der Waals surface area (Å²) in [6.45, 7) is 4.61. The lowest BCUT2D eigenvalue weighted by atomic mass is 10.1. The number of amides is 2. The fourth-order valence-corrected chi connectivity index (χ4v) is 3.56. The van der Waals surface area contributed by atoms with Crippen LogP contribution in [0, 0.1) is 19.8 Å². The minimum atomic E-state index is -1.10. The summed E-state index contributed by atoms with van der Waals surface area (Å²) in [5, 5.41) is 13.5. The standard InChI is InChI=1S/C18H19N3O4S/c1-10-3-4-12(7-11(10)2)21-6-5-13(17(21)23)16(22)19-8-15-20-14(9-26-15)18(24)25/h3-4,7,9,13H,5-6,8H2,1-2H3,(H,19,22)(H,24,25)/t13-/m0/s1. The maximum Gasteiger partial charge on any atom is 0.355 e. The van der Waals surface area contributed by atoms with Crippen molar-refractivity contribution in [2.45, 2.75) is 26.8 Å². The maximum absolute atomic E-state index is 12.6. The normalized spacial score (nSPS) is 16.8. The van der Waals surface area contributed by atoms with Crippen LogP contribution in [0.5, 0.6) is 0 Å². The van der Waals surface area contributed by atoms with Gasteiger partial charge in [0.15, 0.2) is 5.69 Å². The predicted octanol–water partition coefficient (Wildman–Crippen LogP) is 2.13. The van der Waals surface area contributed by atoms with Crippen LogP contribution >= 0.6 is 11.3 Å². The van der Waals surface area contributed by atoms with Gasteiger partial charge in [0, 0.05) is 17.6 Å². The number of carbonyl (C=O) groups excluding carboxylic acids is 2. The van der Waals surface area contributed by atoms with Crippen LogP contribution in [0.2, 0.25) is 0 Å². The number of carbonyl (C=O) groups is 3. The van der Waals surface area contributed by atoms with Crippen molar-refractivity contribution >= 4 is 34.8 Å². The van der Waals surface area contributed by atoms with Crippen LogP contribution in [0.4, 0.5) is 5.69 Å². The van der Waals surface area contributed by atoms with Gasteiger partial charge in [-0.25, -0.2) is 9.78 Å². The van der Waals surface area contributed by atoms with Crippen molar-refractivity contribution in [1.82, 2.24) is 10.3 Å². The number of anilines is 1. The third-order valence-electron chi connectivity index (χ3n) is 4.51. The third kappa shape index (κ3) is 3.60. The molecule has 0 spiro atoms. The largest absolute Gasteiger partial charge is 0.476 e. The fraction of sp³-hybridized carbons (Fsp3) is 0.333. The molecule has 0 saturated carbocycles. The van der Waals surface area contributed by atoms with E-state index in [2.05, 4.69) is 10.3 Å². The van der Waals surface area contributed by atoms with Crippen LogP contribution in [0.15, 0.2) is 23.6 Å². The Morgan fingerprint density at radius 1 is 1.35 bits per heavy atom. The van der Waals surface area contributed by atoms with E-state index in [0.717, 1.165) is 28.2 Å². The minimum Gasteiger partial charge on any atom is -0.476 e. The van der Waals surface area contributed by atoms with Crippen molar-refractivity contribution in [2.75, 3.05) is 11.4 Å². The molecule has 2 aromatic rings. The zero-order valence-corrected chi connectivity index (χ0v) is 15.3. The zero-order chi connectivity index (χ0) is 18.8. The number of rotatable bonds is 5. The highest BCUT2D eigenvalue weighted by molar-refractivity contribution is 7.09. The molecule has 0 aliphatic carbocycles. The van der Waals surface area contributed by atoms with Gasteiger partial charge in [-0.3, -0.25) is 9.59 Å². The van der Waals surface area contributed by atoms with Crippen LogP contribution in [0.1, 0.15) is 33.0 Å². The zero-order valence-electron chi connectivity index (χ0n) is 14.5. The van der Waals surface area contributed by atoms with E-state index in [9.17, 15) is 14.4 Å². The number of carboxylic acid groups (broad SMARTS) is 1. The summed E-state index contributed by atoms with van der Waals surface area (Å²) in [6, 6.07) is 5.81. The van der Waals surface area contributed by atoms with Gasteiger partial charge in [0.2, 0.25) is 11.8 Å². The Bertz CT molecular complexity index is 877. The summed E-state index contributed by atoms with van der Waals surface area (Å²) in [7, 11) is 0. The summed E-state index contributed by atoms with van der Waals surface area (Å²) < 4.78 is 0. The fourth-order valence-electron chi connectivity index (χ4n) is 2.85. The summed E-state index contributed by atoms with van der Waals surface area (Å²) in [5.41, 5.74) is 3.01. The second kappa shape index (κ2) is 7.25. The number of aryl methyl sites for hydroxylation is 2. The molecule has 8 heteroatoms. The van der Waals surface area contributed by atoms with Crippen molar-refractivity contribution in [3.63, 3.8) is 0 Å². The van der Waals surface area contributed by atoms with E-state index in [0.29, 0.717) is 18.0 Å². The van der Waals surface area contributed by atoms with Gasteiger partial charge in [-0.15, -0.1) is 11.3 Å². The average Bonchev–Trinajstić information content (AvgIpc) is 3.22. The molecule has 136 valence electrons. The van der Waals surface area contributed by atoms with Gasteiger partial charge >= 0.3 is 5.97 Å². The van der Waals surface area contributed by atoms with Gasteiger partial charge in [0.25, 0.3) is 0 Å². The number of carboxylic acids is 1. The van der Waals surface area contributed by atoms with Crippen molar-refractivity contribution in [1.29, 1.82) is 0 Å². The van der Waals surface area contributed by atoms with Crippen molar-refractivity contribution in [2.24, 2.45) is 5.92 Å². The molecule has 1 aromatic carbocycles. The number of thiazole rings is 1. The molecule has 0 unspecified atom stereocenters. The highest BCUT2D eigenvalue weighted by Crippen LogP contribution is 2.27. The lowest BCUT2D eigenvalue weighted by molar-refractivity contribution is -0.132. The molecular weight excluding hydrogens is 354 g/mol. The number of hydrogen-bond acceptors (Lipinski definition) is 5. The number of benzene rings is 1. The van der Waals surface area contributed by atoms with Crippen molar-refractivity contribution < 1.29 is 19.5 Å². The molecule has 1 atom stereocenters. The number of nitrogens with one attached hydrogen (secondary N) is 1. The van der Waals surface area contributed by atoms with Crippen LogP contribution in [0.25, 0.3) is 0 Å². The first-order valence-electron chi connectivity index (χ1n) is 8.21. The summed E-state index contributed by atoms with van der Waals surface area (Å²) in [5.74, 6) is -2.39.